The number of aromatic hydroxyl groups is 1. The summed E-state index contributed by atoms with van der Waals surface area (Å²) < 4.78 is 1.60. The molecule has 0 saturated heterocycles. The van der Waals surface area contributed by atoms with Gasteiger partial charge in [0.1, 0.15) is 11.4 Å². The van der Waals surface area contributed by atoms with E-state index in [-0.39, 0.29) is 11.4 Å². The van der Waals surface area contributed by atoms with Gasteiger partial charge in [0.15, 0.2) is 0 Å². The fourth-order valence-corrected chi connectivity index (χ4v) is 4.77. The molecule has 0 aliphatic rings. The molecule has 9 heteroatoms. The van der Waals surface area contributed by atoms with Crippen LogP contribution in [0.2, 0.25) is 0 Å². The summed E-state index contributed by atoms with van der Waals surface area (Å²) in [6.07, 6.45) is 2.94. The van der Waals surface area contributed by atoms with E-state index in [9.17, 15) is 14.7 Å². The third kappa shape index (κ3) is 7.03. The zero-order valence-corrected chi connectivity index (χ0v) is 22.7. The second kappa shape index (κ2) is 12.0. The van der Waals surface area contributed by atoms with Crippen molar-refractivity contribution >= 4 is 75.0 Å². The molecular weight excluding hydrogens is 658 g/mol. The van der Waals surface area contributed by atoms with E-state index in [1.54, 1.807) is 36.4 Å². The van der Waals surface area contributed by atoms with Crippen LogP contribution in [0.4, 0.5) is 5.69 Å². The first-order chi connectivity index (χ1) is 16.2. The molecule has 0 saturated carbocycles. The van der Waals surface area contributed by atoms with Gasteiger partial charge < -0.3 is 15.3 Å². The standard InChI is InChI=1S/C25H22I2N4O3/c1-31(2)20-10-8-16(9-11-20)12-22(29-24(33)17-6-4-3-5-7-17)25(34)30-28-15-18-13-19(26)14-21(27)23(18)32/h3-15,32H,1-2H3,(H,29,33)(H,30,34)/b22-12+,28-15+. The highest BCUT2D eigenvalue weighted by Crippen LogP contribution is 2.25. The lowest BCUT2D eigenvalue weighted by Crippen LogP contribution is -2.32. The number of phenols is 1. The van der Waals surface area contributed by atoms with Crippen molar-refractivity contribution in [1.82, 2.24) is 10.7 Å². The summed E-state index contributed by atoms with van der Waals surface area (Å²) in [7, 11) is 3.88. The van der Waals surface area contributed by atoms with E-state index in [1.807, 2.05) is 78.0 Å². The number of halogens is 2. The lowest BCUT2D eigenvalue weighted by Gasteiger charge is -2.12. The van der Waals surface area contributed by atoms with Crippen molar-refractivity contribution in [3.8, 4) is 5.75 Å². The Bertz CT molecular complexity index is 1240. The molecule has 0 aliphatic heterocycles. The SMILES string of the molecule is CN(C)c1ccc(/C=C(/NC(=O)c2ccccc2)C(=O)N/N=C/c2cc(I)cc(I)c2O)cc1. The van der Waals surface area contributed by atoms with Gasteiger partial charge in [0.25, 0.3) is 11.8 Å². The Kier molecular flexibility index (Phi) is 9.05. The molecule has 0 atom stereocenters. The minimum absolute atomic E-state index is 0.0325. The molecule has 3 aromatic rings. The first-order valence-electron chi connectivity index (χ1n) is 10.1. The van der Waals surface area contributed by atoms with Gasteiger partial charge >= 0.3 is 0 Å². The van der Waals surface area contributed by atoms with Gasteiger partial charge in [-0.1, -0.05) is 30.3 Å². The second-order valence-corrected chi connectivity index (χ2v) is 9.80. The Balaban J connectivity index is 1.84. The van der Waals surface area contributed by atoms with E-state index < -0.39 is 11.8 Å². The van der Waals surface area contributed by atoms with Gasteiger partial charge in [-0.05, 0) is 93.2 Å². The summed E-state index contributed by atoms with van der Waals surface area (Å²) in [5.41, 5.74) is 5.09. The van der Waals surface area contributed by atoms with Crippen molar-refractivity contribution in [3.63, 3.8) is 0 Å². The summed E-state index contributed by atoms with van der Waals surface area (Å²) in [6.45, 7) is 0. The van der Waals surface area contributed by atoms with Crippen molar-refractivity contribution in [3.05, 3.63) is 96.3 Å². The summed E-state index contributed by atoms with van der Waals surface area (Å²) in [6, 6.07) is 19.7. The Morgan fingerprint density at radius 1 is 1.00 bits per heavy atom. The van der Waals surface area contributed by atoms with Crippen LogP contribution >= 0.6 is 45.2 Å². The topological polar surface area (TPSA) is 94.0 Å². The molecule has 7 nitrogen and oxygen atoms in total. The van der Waals surface area contributed by atoms with Gasteiger partial charge in [-0.15, -0.1) is 0 Å². The third-order valence-corrected chi connectivity index (χ3v) is 6.12. The van der Waals surface area contributed by atoms with Gasteiger partial charge in [0, 0.05) is 34.5 Å². The molecule has 0 fully saturated rings. The molecule has 3 aromatic carbocycles. The molecule has 0 unspecified atom stereocenters. The lowest BCUT2D eigenvalue weighted by atomic mass is 10.1. The normalized spacial score (nSPS) is 11.4. The highest BCUT2D eigenvalue weighted by atomic mass is 127. The molecule has 174 valence electrons. The smallest absolute Gasteiger partial charge is 0.287 e. The van der Waals surface area contributed by atoms with Gasteiger partial charge in [0.05, 0.1) is 9.78 Å². The molecule has 3 N–H and O–H groups in total. The number of carbonyl (C=O) groups excluding carboxylic acids is 2. The van der Waals surface area contributed by atoms with Crippen molar-refractivity contribution in [2.75, 3.05) is 19.0 Å². The van der Waals surface area contributed by atoms with E-state index in [2.05, 4.69) is 38.4 Å². The summed E-state index contributed by atoms with van der Waals surface area (Å²) in [5, 5.41) is 16.9. The van der Waals surface area contributed by atoms with Crippen molar-refractivity contribution in [1.29, 1.82) is 0 Å². The number of hydrogen-bond donors (Lipinski definition) is 3. The lowest BCUT2D eigenvalue weighted by molar-refractivity contribution is -0.117. The molecule has 34 heavy (non-hydrogen) atoms. The number of benzene rings is 3. The van der Waals surface area contributed by atoms with Crippen molar-refractivity contribution in [2.24, 2.45) is 5.10 Å². The predicted molar refractivity (Wildman–Crippen MR) is 152 cm³/mol. The number of carbonyl (C=O) groups is 2. The van der Waals surface area contributed by atoms with E-state index >= 15 is 0 Å². The van der Waals surface area contributed by atoms with Crippen LogP contribution in [0.5, 0.6) is 5.75 Å². The fraction of sp³-hybridized carbons (Fsp3) is 0.0800. The molecule has 0 bridgehead atoms. The number of phenolic OH excluding ortho intramolecular Hbond substituents is 1. The van der Waals surface area contributed by atoms with Gasteiger partial charge in [-0.2, -0.15) is 5.10 Å². The van der Waals surface area contributed by atoms with Gasteiger partial charge in [-0.3, -0.25) is 9.59 Å². The number of nitrogens with zero attached hydrogens (tertiary/aromatic N) is 2. The summed E-state index contributed by atoms with van der Waals surface area (Å²) in [4.78, 5) is 27.6. The van der Waals surface area contributed by atoms with Crippen LogP contribution in [0.3, 0.4) is 0 Å². The zero-order valence-electron chi connectivity index (χ0n) is 18.4. The third-order valence-electron chi connectivity index (χ3n) is 4.68. The number of nitrogens with one attached hydrogen (secondary N) is 2. The molecule has 2 amide bonds. The molecule has 0 aromatic heterocycles. The number of anilines is 1. The van der Waals surface area contributed by atoms with Gasteiger partial charge in [0.2, 0.25) is 0 Å². The number of rotatable bonds is 7. The van der Waals surface area contributed by atoms with Crippen molar-refractivity contribution < 1.29 is 14.7 Å². The fourth-order valence-electron chi connectivity index (χ4n) is 2.88. The highest BCUT2D eigenvalue weighted by molar-refractivity contribution is 14.1. The molecular formula is C25H22I2N4O3. The molecule has 0 aliphatic carbocycles. The zero-order chi connectivity index (χ0) is 24.7. The number of amides is 2. The van der Waals surface area contributed by atoms with Crippen LogP contribution in [0.25, 0.3) is 6.08 Å². The largest absolute Gasteiger partial charge is 0.506 e. The first-order valence-corrected chi connectivity index (χ1v) is 12.3. The average Bonchev–Trinajstić information content (AvgIpc) is 2.82. The summed E-state index contributed by atoms with van der Waals surface area (Å²) >= 11 is 4.16. The molecule has 0 heterocycles. The highest BCUT2D eigenvalue weighted by Gasteiger charge is 2.14. The van der Waals surface area contributed by atoms with Crippen LogP contribution in [0, 0.1) is 7.14 Å². The molecule has 3 rings (SSSR count). The maximum absolute atomic E-state index is 12.9. The first kappa shape index (κ1) is 25.7. The predicted octanol–water partition coefficient (Wildman–Crippen LogP) is 4.59. The summed E-state index contributed by atoms with van der Waals surface area (Å²) in [5.74, 6) is -0.939. The van der Waals surface area contributed by atoms with Crippen molar-refractivity contribution in [2.45, 2.75) is 0 Å². The van der Waals surface area contributed by atoms with Crippen LogP contribution in [0.15, 0.2) is 77.5 Å². The van der Waals surface area contributed by atoms with Crippen LogP contribution in [0.1, 0.15) is 21.5 Å². The van der Waals surface area contributed by atoms with Gasteiger partial charge in [-0.25, -0.2) is 5.43 Å². The maximum atomic E-state index is 12.9. The number of hydrogen-bond acceptors (Lipinski definition) is 5. The minimum Gasteiger partial charge on any atom is -0.506 e. The van der Waals surface area contributed by atoms with Crippen LogP contribution in [-0.4, -0.2) is 37.2 Å². The average molecular weight is 680 g/mol. The quantitative estimate of drug-likeness (QED) is 0.148. The Morgan fingerprint density at radius 3 is 2.32 bits per heavy atom. The van der Waals surface area contributed by atoms with E-state index in [4.69, 9.17) is 0 Å². The van der Waals surface area contributed by atoms with E-state index in [0.717, 1.165) is 14.8 Å². The molecule has 0 radical (unpaired) electrons. The number of hydrazone groups is 1. The Hall–Kier alpha value is -2.93. The Labute approximate surface area is 225 Å². The monoisotopic (exact) mass is 680 g/mol. The van der Waals surface area contributed by atoms with E-state index in [0.29, 0.717) is 14.7 Å². The molecule has 0 spiro atoms. The Morgan fingerprint density at radius 2 is 1.68 bits per heavy atom. The van der Waals surface area contributed by atoms with Crippen LogP contribution < -0.4 is 15.6 Å². The minimum atomic E-state index is -0.600. The van der Waals surface area contributed by atoms with Crippen LogP contribution in [-0.2, 0) is 4.79 Å². The van der Waals surface area contributed by atoms with E-state index in [1.165, 1.54) is 6.21 Å². The second-order valence-electron chi connectivity index (χ2n) is 7.39. The maximum Gasteiger partial charge on any atom is 0.287 e.